The maximum Gasteiger partial charge on any atom is 0.216 e. The minimum atomic E-state index is -0.578. The van der Waals surface area contributed by atoms with Crippen molar-refractivity contribution in [1.29, 1.82) is 0 Å². The summed E-state index contributed by atoms with van der Waals surface area (Å²) in [5, 5.41) is 4.13. The largest absolute Gasteiger partial charge is 0.366 e. The molecule has 0 aliphatic carbocycles. The molecule has 0 radical (unpaired) electrons. The topological polar surface area (TPSA) is 44.1 Å². The highest BCUT2D eigenvalue weighted by Gasteiger charge is 2.23. The lowest BCUT2D eigenvalue weighted by Gasteiger charge is -2.14. The van der Waals surface area contributed by atoms with E-state index in [0.717, 1.165) is 5.56 Å². The van der Waals surface area contributed by atoms with E-state index in [1.807, 2.05) is 37.3 Å². The van der Waals surface area contributed by atoms with Crippen LogP contribution in [-0.4, -0.2) is 22.2 Å². The average molecular weight is 244 g/mol. The monoisotopic (exact) mass is 244 g/mol. The predicted molar refractivity (Wildman–Crippen MR) is 68.3 cm³/mol. The lowest BCUT2D eigenvalue weighted by Crippen LogP contribution is -2.17. The quantitative estimate of drug-likeness (QED) is 0.758. The number of hydrogen-bond acceptors (Lipinski definition) is 3. The summed E-state index contributed by atoms with van der Waals surface area (Å²) in [6.07, 6.45) is 1.17. The molecule has 2 aromatic rings. The Morgan fingerprint density at radius 2 is 2.06 bits per heavy atom. The number of nitrogens with zero attached hydrogens (tertiary/aromatic N) is 2. The van der Waals surface area contributed by atoms with E-state index < -0.39 is 6.10 Å². The Morgan fingerprint density at radius 1 is 1.33 bits per heavy atom. The van der Waals surface area contributed by atoms with Crippen molar-refractivity contribution in [2.24, 2.45) is 7.05 Å². The maximum atomic E-state index is 12.3. The number of carbonyl (C=O) groups excluding carboxylic acids is 1. The number of Topliss-reactive ketones (excluding diaryl/α,β-unsaturated/α-hetero) is 1. The van der Waals surface area contributed by atoms with Crippen LogP contribution < -0.4 is 0 Å². The fraction of sp³-hybridized carbons (Fsp3) is 0.286. The van der Waals surface area contributed by atoms with Crippen LogP contribution in [0.1, 0.15) is 29.1 Å². The molecule has 1 unspecified atom stereocenters. The van der Waals surface area contributed by atoms with Crippen LogP contribution in [0.25, 0.3) is 0 Å². The molecular formula is C14H16N2O2. The molecule has 0 fully saturated rings. The predicted octanol–water partition coefficient (Wildman–Crippen LogP) is 2.38. The summed E-state index contributed by atoms with van der Waals surface area (Å²) in [5.41, 5.74) is 1.29. The van der Waals surface area contributed by atoms with Gasteiger partial charge in [0, 0.05) is 19.9 Å². The molecule has 2 rings (SSSR count). The summed E-state index contributed by atoms with van der Waals surface area (Å²) in [4.78, 5) is 12.3. The number of aromatic nitrogens is 2. The second-order valence-electron chi connectivity index (χ2n) is 3.98. The van der Waals surface area contributed by atoms with Crippen LogP contribution in [0.15, 0.2) is 42.6 Å². The summed E-state index contributed by atoms with van der Waals surface area (Å²) < 4.78 is 7.17. The summed E-state index contributed by atoms with van der Waals surface area (Å²) >= 11 is 0. The highest BCUT2D eigenvalue weighted by atomic mass is 16.5. The molecule has 0 spiro atoms. The molecular weight excluding hydrogens is 228 g/mol. The van der Waals surface area contributed by atoms with Crippen molar-refractivity contribution in [3.8, 4) is 0 Å². The summed E-state index contributed by atoms with van der Waals surface area (Å²) in [6.45, 7) is 2.36. The molecule has 4 heteroatoms. The van der Waals surface area contributed by atoms with Crippen LogP contribution in [0.2, 0.25) is 0 Å². The van der Waals surface area contributed by atoms with Crippen molar-refractivity contribution >= 4 is 5.78 Å². The molecule has 0 bridgehead atoms. The molecule has 0 saturated heterocycles. The number of ether oxygens (including phenoxy) is 1. The SMILES string of the molecule is CCOC(C(=O)c1ccn(C)n1)c1ccccc1. The molecule has 0 aliphatic rings. The number of hydrogen-bond donors (Lipinski definition) is 0. The van der Waals surface area contributed by atoms with Gasteiger partial charge in [-0.15, -0.1) is 0 Å². The first-order valence-electron chi connectivity index (χ1n) is 5.92. The second-order valence-corrected chi connectivity index (χ2v) is 3.98. The van der Waals surface area contributed by atoms with E-state index in [2.05, 4.69) is 5.10 Å². The van der Waals surface area contributed by atoms with Gasteiger partial charge in [0.15, 0.2) is 0 Å². The van der Waals surface area contributed by atoms with E-state index >= 15 is 0 Å². The molecule has 4 nitrogen and oxygen atoms in total. The van der Waals surface area contributed by atoms with Gasteiger partial charge in [-0.2, -0.15) is 5.10 Å². The third-order valence-electron chi connectivity index (χ3n) is 2.64. The first-order valence-corrected chi connectivity index (χ1v) is 5.92. The Balaban J connectivity index is 2.28. The van der Waals surface area contributed by atoms with E-state index in [4.69, 9.17) is 4.74 Å². The average Bonchev–Trinajstić information content (AvgIpc) is 2.83. The van der Waals surface area contributed by atoms with Gasteiger partial charge in [-0.3, -0.25) is 9.48 Å². The van der Waals surface area contributed by atoms with E-state index in [0.29, 0.717) is 12.3 Å². The van der Waals surface area contributed by atoms with Crippen LogP contribution in [0, 0.1) is 0 Å². The first-order chi connectivity index (χ1) is 8.72. The van der Waals surface area contributed by atoms with E-state index in [1.165, 1.54) is 0 Å². The summed E-state index contributed by atoms with van der Waals surface area (Å²) in [7, 11) is 1.79. The van der Waals surface area contributed by atoms with Gasteiger partial charge in [-0.1, -0.05) is 30.3 Å². The van der Waals surface area contributed by atoms with Gasteiger partial charge in [-0.25, -0.2) is 0 Å². The Morgan fingerprint density at radius 3 is 2.61 bits per heavy atom. The van der Waals surface area contributed by atoms with Crippen molar-refractivity contribution in [3.05, 3.63) is 53.9 Å². The molecule has 1 aromatic carbocycles. The zero-order valence-electron chi connectivity index (χ0n) is 10.5. The zero-order valence-corrected chi connectivity index (χ0v) is 10.5. The molecule has 1 atom stereocenters. The fourth-order valence-corrected chi connectivity index (χ4v) is 1.80. The Kier molecular flexibility index (Phi) is 3.89. The van der Waals surface area contributed by atoms with Gasteiger partial charge in [-0.05, 0) is 18.6 Å². The van der Waals surface area contributed by atoms with Gasteiger partial charge in [0.25, 0.3) is 0 Å². The zero-order chi connectivity index (χ0) is 13.0. The molecule has 94 valence electrons. The highest BCUT2D eigenvalue weighted by Crippen LogP contribution is 2.21. The second kappa shape index (κ2) is 5.60. The van der Waals surface area contributed by atoms with Crippen molar-refractivity contribution in [3.63, 3.8) is 0 Å². The molecule has 1 aromatic heterocycles. The minimum absolute atomic E-state index is 0.108. The Bertz CT molecular complexity index is 520. The van der Waals surface area contributed by atoms with Crippen molar-refractivity contribution < 1.29 is 9.53 Å². The van der Waals surface area contributed by atoms with Gasteiger partial charge in [0.1, 0.15) is 11.8 Å². The minimum Gasteiger partial charge on any atom is -0.366 e. The van der Waals surface area contributed by atoms with Crippen molar-refractivity contribution in [2.45, 2.75) is 13.0 Å². The normalized spacial score (nSPS) is 12.3. The van der Waals surface area contributed by atoms with E-state index in [9.17, 15) is 4.79 Å². The van der Waals surface area contributed by atoms with Gasteiger partial charge >= 0.3 is 0 Å². The molecule has 1 heterocycles. The van der Waals surface area contributed by atoms with Crippen LogP contribution in [0.4, 0.5) is 0 Å². The first kappa shape index (κ1) is 12.5. The fourth-order valence-electron chi connectivity index (χ4n) is 1.80. The number of carbonyl (C=O) groups is 1. The smallest absolute Gasteiger partial charge is 0.216 e. The number of rotatable bonds is 5. The lowest BCUT2D eigenvalue weighted by molar-refractivity contribution is 0.0447. The highest BCUT2D eigenvalue weighted by molar-refractivity contribution is 5.98. The van der Waals surface area contributed by atoms with Crippen LogP contribution >= 0.6 is 0 Å². The molecule has 0 aliphatic heterocycles. The molecule has 18 heavy (non-hydrogen) atoms. The molecule has 0 amide bonds. The molecule has 0 saturated carbocycles. The Labute approximate surface area is 106 Å². The van der Waals surface area contributed by atoms with E-state index in [-0.39, 0.29) is 5.78 Å². The summed E-state index contributed by atoms with van der Waals surface area (Å²) in [5.74, 6) is -0.108. The lowest BCUT2D eigenvalue weighted by atomic mass is 10.0. The van der Waals surface area contributed by atoms with Gasteiger partial charge in [0.2, 0.25) is 5.78 Å². The van der Waals surface area contributed by atoms with Crippen LogP contribution in [0.3, 0.4) is 0 Å². The third kappa shape index (κ3) is 2.65. The number of aryl methyl sites for hydroxylation is 1. The number of benzene rings is 1. The van der Waals surface area contributed by atoms with Crippen molar-refractivity contribution in [1.82, 2.24) is 9.78 Å². The molecule has 0 N–H and O–H groups in total. The van der Waals surface area contributed by atoms with Crippen molar-refractivity contribution in [2.75, 3.05) is 6.61 Å². The van der Waals surface area contributed by atoms with E-state index in [1.54, 1.807) is 24.0 Å². The number of ketones is 1. The van der Waals surface area contributed by atoms with Crippen LogP contribution in [-0.2, 0) is 11.8 Å². The standard InChI is InChI=1S/C14H16N2O2/c1-3-18-14(11-7-5-4-6-8-11)13(17)12-9-10-16(2)15-12/h4-10,14H,3H2,1-2H3. The summed E-state index contributed by atoms with van der Waals surface area (Å²) in [6, 6.07) is 11.2. The van der Waals surface area contributed by atoms with Gasteiger partial charge < -0.3 is 4.74 Å². The third-order valence-corrected chi connectivity index (χ3v) is 2.64. The van der Waals surface area contributed by atoms with Crippen LogP contribution in [0.5, 0.6) is 0 Å². The maximum absolute atomic E-state index is 12.3. The Hall–Kier alpha value is -1.94. The van der Waals surface area contributed by atoms with Gasteiger partial charge in [0.05, 0.1) is 0 Å².